The van der Waals surface area contributed by atoms with Gasteiger partial charge >= 0.3 is 5.97 Å². The van der Waals surface area contributed by atoms with Crippen LogP contribution in [0.3, 0.4) is 0 Å². The van der Waals surface area contributed by atoms with Crippen LogP contribution in [0.2, 0.25) is 0 Å². The first-order valence-corrected chi connectivity index (χ1v) is 13.1. The second-order valence-corrected chi connectivity index (χ2v) is 9.56. The number of pyridine rings is 3. The lowest BCUT2D eigenvalue weighted by atomic mass is 9.72. The number of hydrogen-bond donors (Lipinski definition) is 1. The fraction of sp³-hybridized carbons (Fsp3) is 0.152. The van der Waals surface area contributed by atoms with Crippen molar-refractivity contribution >= 4 is 5.97 Å². The van der Waals surface area contributed by atoms with Gasteiger partial charge in [-0.2, -0.15) is 0 Å². The average Bonchev–Trinajstić information content (AvgIpc) is 2.98. The van der Waals surface area contributed by atoms with Gasteiger partial charge in [-0.3, -0.25) is 9.97 Å². The van der Waals surface area contributed by atoms with E-state index in [1.807, 2.05) is 42.5 Å². The highest BCUT2D eigenvalue weighted by molar-refractivity contribution is 5.85. The number of carboxylic acids is 1. The van der Waals surface area contributed by atoms with Gasteiger partial charge in [0, 0.05) is 17.8 Å². The molecule has 2 aromatic carbocycles. The molecule has 0 fully saturated rings. The van der Waals surface area contributed by atoms with E-state index in [1.165, 1.54) is 23.8 Å². The summed E-state index contributed by atoms with van der Waals surface area (Å²) >= 11 is 0. The van der Waals surface area contributed by atoms with Gasteiger partial charge in [0.1, 0.15) is 17.3 Å². The van der Waals surface area contributed by atoms with Gasteiger partial charge < -0.3 is 5.11 Å². The topological polar surface area (TPSA) is 76.0 Å². The first-order valence-electron chi connectivity index (χ1n) is 13.1. The number of unbranched alkanes of at least 4 members (excludes halogenated alkanes) is 1. The third kappa shape index (κ3) is 5.64. The molecule has 40 heavy (non-hydrogen) atoms. The molecule has 3 heterocycles. The highest BCUT2D eigenvalue weighted by atomic mass is 19.1. The molecule has 1 unspecified atom stereocenters. The molecule has 0 amide bonds. The fourth-order valence-corrected chi connectivity index (χ4v) is 5.07. The number of rotatable bonds is 10. The Hall–Kier alpha value is -4.78. The Morgan fingerprint density at radius 3 is 2.20 bits per heavy atom. The molecule has 0 aliphatic carbocycles. The molecule has 5 rings (SSSR count). The fourth-order valence-electron chi connectivity index (χ4n) is 5.07. The smallest absolute Gasteiger partial charge is 0.354 e. The molecular weight excluding hydrogens is 508 g/mol. The van der Waals surface area contributed by atoms with Gasteiger partial charge in [0.05, 0.1) is 28.2 Å². The molecule has 0 radical (unpaired) electrons. The summed E-state index contributed by atoms with van der Waals surface area (Å²) < 4.78 is 28.4. The molecule has 0 aliphatic heterocycles. The zero-order valence-electron chi connectivity index (χ0n) is 21.7. The van der Waals surface area contributed by atoms with Crippen LogP contribution in [0.25, 0.3) is 11.3 Å². The molecular formula is C33H27F2N3O2. The van der Waals surface area contributed by atoms with Gasteiger partial charge in [0.15, 0.2) is 0 Å². The standard InChI is InChI=1S/C33H27F2N3O2/c34-24-18-19-25(26(35)22-24)27-13-8-16-30(37-27)33(29-15-5-7-21-36-29,31-17-9-14-28(38-31)32(39)40)20-6-4-12-23-10-2-1-3-11-23/h1-3,5,7-11,13-19,21-22H,4,6,12,20H2,(H,39,40). The van der Waals surface area contributed by atoms with E-state index in [1.54, 1.807) is 30.5 Å². The maximum absolute atomic E-state index is 14.8. The summed E-state index contributed by atoms with van der Waals surface area (Å²) in [7, 11) is 0. The van der Waals surface area contributed by atoms with E-state index in [0.717, 1.165) is 25.3 Å². The molecule has 3 aromatic heterocycles. The van der Waals surface area contributed by atoms with E-state index in [2.05, 4.69) is 17.1 Å². The molecule has 0 aliphatic rings. The number of aryl methyl sites for hydroxylation is 1. The molecule has 5 aromatic rings. The average molecular weight is 536 g/mol. The molecule has 1 N–H and O–H groups in total. The minimum Gasteiger partial charge on any atom is -0.477 e. The molecule has 1 atom stereocenters. The van der Waals surface area contributed by atoms with Crippen LogP contribution < -0.4 is 0 Å². The van der Waals surface area contributed by atoms with E-state index in [0.29, 0.717) is 29.2 Å². The van der Waals surface area contributed by atoms with Crippen molar-refractivity contribution in [2.24, 2.45) is 0 Å². The van der Waals surface area contributed by atoms with Crippen molar-refractivity contribution in [2.45, 2.75) is 31.1 Å². The summed E-state index contributed by atoms with van der Waals surface area (Å²) in [4.78, 5) is 26.0. The first-order chi connectivity index (χ1) is 19.5. The largest absolute Gasteiger partial charge is 0.477 e. The maximum atomic E-state index is 14.8. The number of carbonyl (C=O) groups is 1. The molecule has 200 valence electrons. The summed E-state index contributed by atoms with van der Waals surface area (Å²) in [6.45, 7) is 0. The predicted octanol–water partition coefficient (Wildman–Crippen LogP) is 7.26. The summed E-state index contributed by atoms with van der Waals surface area (Å²) in [6, 6.07) is 29.3. The lowest BCUT2D eigenvalue weighted by Gasteiger charge is -2.33. The molecule has 0 spiro atoms. The van der Waals surface area contributed by atoms with Crippen molar-refractivity contribution < 1.29 is 18.7 Å². The number of benzene rings is 2. The second-order valence-electron chi connectivity index (χ2n) is 9.56. The normalized spacial score (nSPS) is 12.6. The minimum atomic E-state index is -1.14. The highest BCUT2D eigenvalue weighted by Crippen LogP contribution is 2.42. The Kier molecular flexibility index (Phi) is 8.01. The van der Waals surface area contributed by atoms with Crippen molar-refractivity contribution in [1.29, 1.82) is 0 Å². The van der Waals surface area contributed by atoms with Crippen molar-refractivity contribution in [3.63, 3.8) is 0 Å². The number of nitrogens with zero attached hydrogens (tertiary/aromatic N) is 3. The van der Waals surface area contributed by atoms with E-state index in [9.17, 15) is 18.7 Å². The van der Waals surface area contributed by atoms with Gasteiger partial charge in [0.25, 0.3) is 0 Å². The Morgan fingerprint density at radius 2 is 1.48 bits per heavy atom. The van der Waals surface area contributed by atoms with E-state index in [4.69, 9.17) is 9.97 Å². The third-order valence-electron chi connectivity index (χ3n) is 7.01. The number of aromatic nitrogens is 3. The first kappa shape index (κ1) is 26.8. The zero-order valence-corrected chi connectivity index (χ0v) is 21.7. The summed E-state index contributed by atoms with van der Waals surface area (Å²) in [5, 5.41) is 9.74. The third-order valence-corrected chi connectivity index (χ3v) is 7.01. The van der Waals surface area contributed by atoms with E-state index >= 15 is 0 Å². The van der Waals surface area contributed by atoms with Crippen molar-refractivity contribution in [1.82, 2.24) is 15.0 Å². The lowest BCUT2D eigenvalue weighted by Crippen LogP contribution is -2.33. The molecule has 5 nitrogen and oxygen atoms in total. The Bertz CT molecular complexity index is 1610. The number of carboxylic acid groups (broad SMARTS) is 1. The van der Waals surface area contributed by atoms with Gasteiger partial charge in [-0.1, -0.05) is 55.0 Å². The van der Waals surface area contributed by atoms with Gasteiger partial charge in [0.2, 0.25) is 0 Å². The van der Waals surface area contributed by atoms with Crippen LogP contribution in [0, 0.1) is 11.6 Å². The number of aromatic carboxylic acids is 1. The summed E-state index contributed by atoms with van der Waals surface area (Å²) in [5.74, 6) is -2.54. The molecule has 7 heteroatoms. The van der Waals surface area contributed by atoms with Gasteiger partial charge in [-0.05, 0) is 73.4 Å². The number of halogens is 2. The molecule has 0 saturated carbocycles. The van der Waals surface area contributed by atoms with E-state index in [-0.39, 0.29) is 11.3 Å². The Balaban J connectivity index is 1.65. The van der Waals surface area contributed by atoms with Crippen LogP contribution in [0.5, 0.6) is 0 Å². The van der Waals surface area contributed by atoms with Crippen LogP contribution >= 0.6 is 0 Å². The van der Waals surface area contributed by atoms with Gasteiger partial charge in [-0.25, -0.2) is 18.6 Å². The second kappa shape index (κ2) is 11.9. The van der Waals surface area contributed by atoms with Crippen molar-refractivity contribution in [3.8, 4) is 11.3 Å². The Labute approximate surface area is 231 Å². The van der Waals surface area contributed by atoms with Crippen molar-refractivity contribution in [2.75, 3.05) is 0 Å². The van der Waals surface area contributed by atoms with Crippen LogP contribution in [-0.4, -0.2) is 26.0 Å². The predicted molar refractivity (Wildman–Crippen MR) is 149 cm³/mol. The Morgan fingerprint density at radius 1 is 0.750 bits per heavy atom. The van der Waals surface area contributed by atoms with Crippen LogP contribution in [0.4, 0.5) is 8.78 Å². The monoisotopic (exact) mass is 535 g/mol. The van der Waals surface area contributed by atoms with Crippen LogP contribution in [0.1, 0.15) is 52.4 Å². The van der Waals surface area contributed by atoms with Crippen LogP contribution in [-0.2, 0) is 11.8 Å². The minimum absolute atomic E-state index is 0.0946. The summed E-state index contributed by atoms with van der Waals surface area (Å²) in [5.41, 5.74) is 2.26. The molecule has 0 bridgehead atoms. The van der Waals surface area contributed by atoms with E-state index < -0.39 is 23.0 Å². The van der Waals surface area contributed by atoms with Crippen LogP contribution in [0.15, 0.2) is 109 Å². The molecule has 0 saturated heterocycles. The maximum Gasteiger partial charge on any atom is 0.354 e. The zero-order chi connectivity index (χ0) is 28.0. The van der Waals surface area contributed by atoms with Crippen molar-refractivity contribution in [3.05, 3.63) is 149 Å². The highest BCUT2D eigenvalue weighted by Gasteiger charge is 2.40. The SMILES string of the molecule is O=C(O)c1cccc(C(CCCCc2ccccc2)(c2ccccn2)c2cccc(-c3ccc(F)cc3F)n2)n1. The lowest BCUT2D eigenvalue weighted by molar-refractivity contribution is 0.0690. The quantitative estimate of drug-likeness (QED) is 0.191. The van der Waals surface area contributed by atoms with Gasteiger partial charge in [-0.15, -0.1) is 0 Å². The summed E-state index contributed by atoms with van der Waals surface area (Å²) in [6.07, 6.45) is 4.69. The number of hydrogen-bond acceptors (Lipinski definition) is 4.